The first kappa shape index (κ1) is 9.57. The molecule has 2 aromatic heterocycles. The molecule has 0 bridgehead atoms. The second-order valence-corrected chi connectivity index (χ2v) is 4.25. The van der Waals surface area contributed by atoms with Gasteiger partial charge in [0.15, 0.2) is 0 Å². The Kier molecular flexibility index (Phi) is 2.23. The van der Waals surface area contributed by atoms with Crippen LogP contribution in [0.3, 0.4) is 0 Å². The maximum absolute atomic E-state index is 5.14. The molecule has 0 saturated heterocycles. The molecule has 2 aromatic rings. The highest BCUT2D eigenvalue weighted by Crippen LogP contribution is 2.38. The Labute approximate surface area is 93.4 Å². The van der Waals surface area contributed by atoms with E-state index in [0.717, 1.165) is 23.6 Å². The van der Waals surface area contributed by atoms with Gasteiger partial charge in [-0.05, 0) is 12.8 Å². The summed E-state index contributed by atoms with van der Waals surface area (Å²) in [6.45, 7) is 2.69. The van der Waals surface area contributed by atoms with Gasteiger partial charge in [0.25, 0.3) is 0 Å². The first-order valence-corrected chi connectivity index (χ1v) is 5.69. The Morgan fingerprint density at radius 1 is 1.50 bits per heavy atom. The van der Waals surface area contributed by atoms with Crippen LogP contribution in [-0.2, 0) is 13.0 Å². The van der Waals surface area contributed by atoms with Gasteiger partial charge in [0.1, 0.15) is 11.5 Å². The molecule has 5 heteroatoms. The molecule has 0 aromatic carbocycles. The lowest BCUT2D eigenvalue weighted by Gasteiger charge is -1.92. The van der Waals surface area contributed by atoms with Crippen LogP contribution in [0.2, 0.25) is 0 Å². The van der Waals surface area contributed by atoms with Gasteiger partial charge in [0.05, 0.1) is 12.2 Å². The molecule has 0 radical (unpaired) electrons. The van der Waals surface area contributed by atoms with Gasteiger partial charge in [0.2, 0.25) is 0 Å². The van der Waals surface area contributed by atoms with Gasteiger partial charge >= 0.3 is 0 Å². The average molecular weight is 218 g/mol. The van der Waals surface area contributed by atoms with E-state index in [9.17, 15) is 0 Å². The van der Waals surface area contributed by atoms with Crippen molar-refractivity contribution in [3.05, 3.63) is 29.4 Å². The Morgan fingerprint density at radius 3 is 3.06 bits per heavy atom. The molecule has 0 atom stereocenters. The van der Waals surface area contributed by atoms with E-state index in [1.165, 1.54) is 12.8 Å². The molecule has 1 aliphatic rings. The largest absolute Gasteiger partial charge is 0.361 e. The summed E-state index contributed by atoms with van der Waals surface area (Å²) in [7, 11) is 0. The van der Waals surface area contributed by atoms with E-state index >= 15 is 0 Å². The first-order chi connectivity index (χ1) is 7.85. The summed E-state index contributed by atoms with van der Waals surface area (Å²) in [6, 6.07) is 1.97. The molecule has 1 saturated carbocycles. The lowest BCUT2D eigenvalue weighted by molar-refractivity contribution is 0.378. The monoisotopic (exact) mass is 218 g/mol. The van der Waals surface area contributed by atoms with Crippen LogP contribution in [0.1, 0.15) is 42.8 Å². The third-order valence-corrected chi connectivity index (χ3v) is 2.83. The molecule has 0 aliphatic heterocycles. The highest BCUT2D eigenvalue weighted by atomic mass is 16.5. The van der Waals surface area contributed by atoms with E-state index in [1.54, 1.807) is 0 Å². The van der Waals surface area contributed by atoms with Crippen LogP contribution in [0.4, 0.5) is 0 Å². The van der Waals surface area contributed by atoms with Crippen molar-refractivity contribution in [3.63, 3.8) is 0 Å². The molecular formula is C11H14N4O. The lowest BCUT2D eigenvalue weighted by atomic mass is 10.3. The Bertz CT molecular complexity index is 484. The summed E-state index contributed by atoms with van der Waals surface area (Å²) in [5, 5.41) is 12.2. The molecule has 5 nitrogen and oxygen atoms in total. The fraction of sp³-hybridized carbons (Fsp3) is 0.545. The van der Waals surface area contributed by atoms with Crippen LogP contribution in [0.15, 0.2) is 16.8 Å². The van der Waals surface area contributed by atoms with Crippen molar-refractivity contribution in [1.82, 2.24) is 20.2 Å². The average Bonchev–Trinajstić information content (AvgIpc) is 2.88. The highest BCUT2D eigenvalue weighted by Gasteiger charge is 2.26. The van der Waals surface area contributed by atoms with E-state index in [2.05, 4.69) is 15.5 Å². The predicted molar refractivity (Wildman–Crippen MR) is 57.0 cm³/mol. The quantitative estimate of drug-likeness (QED) is 0.784. The Balaban J connectivity index is 1.72. The van der Waals surface area contributed by atoms with Crippen molar-refractivity contribution in [2.75, 3.05) is 0 Å². The molecule has 84 valence electrons. The third-order valence-electron chi connectivity index (χ3n) is 2.83. The standard InChI is InChI=1S/C11H14N4O/c1-2-10-5-9(13-16-10)6-15-7-11(12-14-15)8-3-4-8/h5,7-8H,2-4,6H2,1H3. The van der Waals surface area contributed by atoms with Gasteiger partial charge in [-0.2, -0.15) is 0 Å². The van der Waals surface area contributed by atoms with Gasteiger partial charge in [0, 0.05) is 24.6 Å². The molecule has 0 N–H and O–H groups in total. The van der Waals surface area contributed by atoms with Crippen LogP contribution in [0.5, 0.6) is 0 Å². The minimum Gasteiger partial charge on any atom is -0.361 e. The van der Waals surface area contributed by atoms with Crippen LogP contribution >= 0.6 is 0 Å². The molecule has 1 aliphatic carbocycles. The van der Waals surface area contributed by atoms with Crippen LogP contribution in [0.25, 0.3) is 0 Å². The SMILES string of the molecule is CCc1cc(Cn2cc(C3CC3)nn2)no1. The second kappa shape index (κ2) is 3.73. The van der Waals surface area contributed by atoms with Gasteiger partial charge in [-0.25, -0.2) is 4.68 Å². The summed E-state index contributed by atoms with van der Waals surface area (Å²) < 4.78 is 6.97. The van der Waals surface area contributed by atoms with Gasteiger partial charge < -0.3 is 4.52 Å². The van der Waals surface area contributed by atoms with E-state index in [1.807, 2.05) is 23.9 Å². The van der Waals surface area contributed by atoms with Crippen molar-refractivity contribution >= 4 is 0 Å². The predicted octanol–water partition coefficient (Wildman–Crippen LogP) is 1.75. The van der Waals surface area contributed by atoms with Crippen molar-refractivity contribution in [2.45, 2.75) is 38.6 Å². The van der Waals surface area contributed by atoms with E-state index in [4.69, 9.17) is 4.52 Å². The van der Waals surface area contributed by atoms with E-state index < -0.39 is 0 Å². The van der Waals surface area contributed by atoms with Crippen LogP contribution in [-0.4, -0.2) is 20.2 Å². The van der Waals surface area contributed by atoms with Crippen LogP contribution in [0, 0.1) is 0 Å². The molecule has 2 heterocycles. The van der Waals surface area contributed by atoms with Crippen LogP contribution < -0.4 is 0 Å². The summed E-state index contributed by atoms with van der Waals surface area (Å²) in [5.41, 5.74) is 2.02. The maximum Gasteiger partial charge on any atom is 0.136 e. The molecule has 16 heavy (non-hydrogen) atoms. The number of aromatic nitrogens is 4. The topological polar surface area (TPSA) is 56.7 Å². The Hall–Kier alpha value is -1.65. The number of hydrogen-bond acceptors (Lipinski definition) is 4. The Morgan fingerprint density at radius 2 is 2.38 bits per heavy atom. The zero-order valence-corrected chi connectivity index (χ0v) is 9.26. The number of aryl methyl sites for hydroxylation is 1. The second-order valence-electron chi connectivity index (χ2n) is 4.25. The number of rotatable bonds is 4. The van der Waals surface area contributed by atoms with Crippen molar-refractivity contribution in [3.8, 4) is 0 Å². The van der Waals surface area contributed by atoms with Gasteiger partial charge in [-0.1, -0.05) is 17.3 Å². The van der Waals surface area contributed by atoms with Crippen molar-refractivity contribution in [2.24, 2.45) is 0 Å². The van der Waals surface area contributed by atoms with Gasteiger partial charge in [-0.3, -0.25) is 0 Å². The zero-order chi connectivity index (χ0) is 11.0. The number of nitrogens with zero attached hydrogens (tertiary/aromatic N) is 4. The summed E-state index contributed by atoms with van der Waals surface area (Å²) in [4.78, 5) is 0. The molecule has 3 rings (SSSR count). The number of hydrogen-bond donors (Lipinski definition) is 0. The normalized spacial score (nSPS) is 15.6. The maximum atomic E-state index is 5.14. The van der Waals surface area contributed by atoms with Crippen molar-refractivity contribution in [1.29, 1.82) is 0 Å². The smallest absolute Gasteiger partial charge is 0.136 e. The summed E-state index contributed by atoms with van der Waals surface area (Å²) >= 11 is 0. The van der Waals surface area contributed by atoms with E-state index in [0.29, 0.717) is 12.5 Å². The fourth-order valence-electron chi connectivity index (χ4n) is 1.72. The lowest BCUT2D eigenvalue weighted by Crippen LogP contribution is -2.00. The third kappa shape index (κ3) is 1.85. The highest BCUT2D eigenvalue weighted by molar-refractivity contribution is 5.10. The van der Waals surface area contributed by atoms with E-state index in [-0.39, 0.29) is 0 Å². The van der Waals surface area contributed by atoms with Gasteiger partial charge in [-0.15, -0.1) is 5.10 Å². The molecule has 0 amide bonds. The molecular weight excluding hydrogens is 204 g/mol. The molecule has 0 unspecified atom stereocenters. The molecule has 0 spiro atoms. The van der Waals surface area contributed by atoms with Crippen molar-refractivity contribution < 1.29 is 4.52 Å². The minimum atomic E-state index is 0.642. The zero-order valence-electron chi connectivity index (χ0n) is 9.26. The minimum absolute atomic E-state index is 0.642. The molecule has 1 fully saturated rings. The first-order valence-electron chi connectivity index (χ1n) is 5.69. The summed E-state index contributed by atoms with van der Waals surface area (Å²) in [5.74, 6) is 1.56. The fourth-order valence-corrected chi connectivity index (χ4v) is 1.72. The summed E-state index contributed by atoms with van der Waals surface area (Å²) in [6.07, 6.45) is 5.39.